The van der Waals surface area contributed by atoms with Gasteiger partial charge < -0.3 is 4.90 Å². The van der Waals surface area contributed by atoms with Gasteiger partial charge in [-0.05, 0) is 5.56 Å². The van der Waals surface area contributed by atoms with Crippen LogP contribution in [0, 0.1) is 0 Å². The van der Waals surface area contributed by atoms with Gasteiger partial charge in [-0.15, -0.1) is 0 Å². The van der Waals surface area contributed by atoms with E-state index in [-0.39, 0.29) is 5.91 Å². The molecule has 1 heterocycles. The van der Waals surface area contributed by atoms with Crippen LogP contribution in [0.15, 0.2) is 30.3 Å². The molecule has 68 valence electrons. The average molecular weight is 176 g/mol. The number of nitrogens with one attached hydrogen (secondary N) is 1. The van der Waals surface area contributed by atoms with Gasteiger partial charge in [0, 0.05) is 6.54 Å². The predicted octanol–water partition coefficient (Wildman–Crippen LogP) is 0.576. The van der Waals surface area contributed by atoms with E-state index in [9.17, 15) is 4.79 Å². The highest BCUT2D eigenvalue weighted by atomic mass is 16.2. The number of amides is 1. The Hall–Kier alpha value is -1.35. The van der Waals surface area contributed by atoms with Crippen LogP contribution in [0.1, 0.15) is 5.56 Å². The van der Waals surface area contributed by atoms with Crippen LogP contribution < -0.4 is 5.32 Å². The summed E-state index contributed by atoms with van der Waals surface area (Å²) in [7, 11) is 0. The number of rotatable bonds is 2. The zero-order chi connectivity index (χ0) is 9.10. The van der Waals surface area contributed by atoms with E-state index >= 15 is 0 Å². The second kappa shape index (κ2) is 3.58. The highest BCUT2D eigenvalue weighted by molar-refractivity contribution is 5.79. The van der Waals surface area contributed by atoms with E-state index in [0.29, 0.717) is 19.8 Å². The normalized spacial score (nSPS) is 16.6. The molecule has 0 atom stereocenters. The van der Waals surface area contributed by atoms with Gasteiger partial charge in [0.25, 0.3) is 0 Å². The van der Waals surface area contributed by atoms with E-state index in [4.69, 9.17) is 0 Å². The second-order valence-electron chi connectivity index (χ2n) is 3.16. The van der Waals surface area contributed by atoms with Gasteiger partial charge in [-0.1, -0.05) is 30.3 Å². The molecule has 0 aliphatic carbocycles. The van der Waals surface area contributed by atoms with Gasteiger partial charge in [0.05, 0.1) is 13.2 Å². The Labute approximate surface area is 77.4 Å². The lowest BCUT2D eigenvalue weighted by atomic mass is 10.2. The summed E-state index contributed by atoms with van der Waals surface area (Å²) < 4.78 is 0. The van der Waals surface area contributed by atoms with Crippen LogP contribution in [0.25, 0.3) is 0 Å². The molecule has 0 saturated carbocycles. The van der Waals surface area contributed by atoms with Crippen LogP contribution in [0.3, 0.4) is 0 Å². The van der Waals surface area contributed by atoms with Crippen molar-refractivity contribution in [2.45, 2.75) is 6.54 Å². The van der Waals surface area contributed by atoms with Gasteiger partial charge in [-0.2, -0.15) is 0 Å². The highest BCUT2D eigenvalue weighted by Crippen LogP contribution is 2.05. The molecular formula is C10H12N2O. The molecule has 0 unspecified atom stereocenters. The van der Waals surface area contributed by atoms with Gasteiger partial charge in [-0.3, -0.25) is 10.1 Å². The molecule has 1 aliphatic rings. The molecular weight excluding hydrogens is 164 g/mol. The van der Waals surface area contributed by atoms with Crippen molar-refractivity contribution in [2.24, 2.45) is 0 Å². The minimum absolute atomic E-state index is 0.184. The van der Waals surface area contributed by atoms with Crippen LogP contribution in [-0.2, 0) is 11.3 Å². The molecule has 1 aliphatic heterocycles. The van der Waals surface area contributed by atoms with Crippen LogP contribution >= 0.6 is 0 Å². The summed E-state index contributed by atoms with van der Waals surface area (Å²) in [6.45, 7) is 1.87. The SMILES string of the molecule is O=C1CNCN1Cc1ccccc1. The summed E-state index contributed by atoms with van der Waals surface area (Å²) in [4.78, 5) is 13.1. The van der Waals surface area contributed by atoms with E-state index in [0.717, 1.165) is 0 Å². The van der Waals surface area contributed by atoms with Gasteiger partial charge in [0.15, 0.2) is 0 Å². The number of carbonyl (C=O) groups is 1. The third-order valence-electron chi connectivity index (χ3n) is 2.15. The number of hydrogen-bond acceptors (Lipinski definition) is 2. The molecule has 0 bridgehead atoms. The van der Waals surface area contributed by atoms with Crippen molar-refractivity contribution in [1.29, 1.82) is 0 Å². The second-order valence-corrected chi connectivity index (χ2v) is 3.16. The van der Waals surface area contributed by atoms with Gasteiger partial charge in [-0.25, -0.2) is 0 Å². The maximum Gasteiger partial charge on any atom is 0.237 e. The lowest BCUT2D eigenvalue weighted by Crippen LogP contribution is -2.25. The lowest BCUT2D eigenvalue weighted by Gasteiger charge is -2.13. The summed E-state index contributed by atoms with van der Waals surface area (Å²) in [6.07, 6.45) is 0. The molecule has 2 rings (SSSR count). The fourth-order valence-electron chi connectivity index (χ4n) is 1.45. The topological polar surface area (TPSA) is 32.3 Å². The zero-order valence-electron chi connectivity index (χ0n) is 7.36. The third-order valence-corrected chi connectivity index (χ3v) is 2.15. The standard InChI is InChI=1S/C10H12N2O/c13-10-6-11-8-12(10)7-9-4-2-1-3-5-9/h1-5,11H,6-8H2. The van der Waals surface area contributed by atoms with Gasteiger partial charge in [0.1, 0.15) is 0 Å². The minimum atomic E-state index is 0.184. The summed E-state index contributed by atoms with van der Waals surface area (Å²) in [5.74, 6) is 0.184. The molecule has 1 N–H and O–H groups in total. The van der Waals surface area contributed by atoms with E-state index in [1.165, 1.54) is 5.56 Å². The van der Waals surface area contributed by atoms with Crippen molar-refractivity contribution in [3.63, 3.8) is 0 Å². The molecule has 3 nitrogen and oxygen atoms in total. The number of nitrogens with zero attached hydrogens (tertiary/aromatic N) is 1. The average Bonchev–Trinajstić information content (AvgIpc) is 2.54. The zero-order valence-corrected chi connectivity index (χ0v) is 7.36. The first-order chi connectivity index (χ1) is 6.36. The maximum atomic E-state index is 11.2. The lowest BCUT2D eigenvalue weighted by molar-refractivity contribution is -0.127. The first kappa shape index (κ1) is 8.26. The Morgan fingerprint density at radius 1 is 1.31 bits per heavy atom. The molecule has 3 heteroatoms. The fraction of sp³-hybridized carbons (Fsp3) is 0.300. The number of carbonyl (C=O) groups excluding carboxylic acids is 1. The predicted molar refractivity (Wildman–Crippen MR) is 49.9 cm³/mol. The maximum absolute atomic E-state index is 11.2. The molecule has 0 aromatic heterocycles. The Morgan fingerprint density at radius 3 is 2.69 bits per heavy atom. The van der Waals surface area contributed by atoms with Crippen molar-refractivity contribution in [3.8, 4) is 0 Å². The number of hydrogen-bond donors (Lipinski definition) is 1. The molecule has 1 fully saturated rings. The van der Waals surface area contributed by atoms with Crippen molar-refractivity contribution in [2.75, 3.05) is 13.2 Å². The van der Waals surface area contributed by atoms with Gasteiger partial charge in [0.2, 0.25) is 5.91 Å². The Morgan fingerprint density at radius 2 is 2.08 bits per heavy atom. The van der Waals surface area contributed by atoms with Crippen LogP contribution in [-0.4, -0.2) is 24.0 Å². The van der Waals surface area contributed by atoms with Crippen LogP contribution in [0.2, 0.25) is 0 Å². The molecule has 0 spiro atoms. The molecule has 1 aromatic carbocycles. The van der Waals surface area contributed by atoms with E-state index < -0.39 is 0 Å². The van der Waals surface area contributed by atoms with Crippen molar-refractivity contribution in [3.05, 3.63) is 35.9 Å². The van der Waals surface area contributed by atoms with Crippen molar-refractivity contribution >= 4 is 5.91 Å². The quantitative estimate of drug-likeness (QED) is 0.714. The number of benzene rings is 1. The third kappa shape index (κ3) is 1.87. The monoisotopic (exact) mass is 176 g/mol. The molecule has 1 amide bonds. The minimum Gasteiger partial charge on any atom is -0.324 e. The van der Waals surface area contributed by atoms with Crippen LogP contribution in [0.5, 0.6) is 0 Å². The van der Waals surface area contributed by atoms with E-state index in [1.807, 2.05) is 35.2 Å². The molecule has 1 saturated heterocycles. The van der Waals surface area contributed by atoms with Crippen molar-refractivity contribution in [1.82, 2.24) is 10.2 Å². The summed E-state index contributed by atoms with van der Waals surface area (Å²) in [5.41, 5.74) is 1.18. The summed E-state index contributed by atoms with van der Waals surface area (Å²) in [5, 5.41) is 3.02. The smallest absolute Gasteiger partial charge is 0.237 e. The molecule has 1 aromatic rings. The fourth-order valence-corrected chi connectivity index (χ4v) is 1.45. The highest BCUT2D eigenvalue weighted by Gasteiger charge is 2.18. The van der Waals surface area contributed by atoms with Gasteiger partial charge >= 0.3 is 0 Å². The van der Waals surface area contributed by atoms with E-state index in [2.05, 4.69) is 5.32 Å². The Balaban J connectivity index is 2.02. The van der Waals surface area contributed by atoms with E-state index in [1.54, 1.807) is 0 Å². The Bertz CT molecular complexity index is 297. The summed E-state index contributed by atoms with van der Waals surface area (Å²) >= 11 is 0. The molecule has 13 heavy (non-hydrogen) atoms. The first-order valence-corrected chi connectivity index (χ1v) is 4.39. The van der Waals surface area contributed by atoms with Crippen molar-refractivity contribution < 1.29 is 4.79 Å². The van der Waals surface area contributed by atoms with Crippen LogP contribution in [0.4, 0.5) is 0 Å². The summed E-state index contributed by atoms with van der Waals surface area (Å²) in [6, 6.07) is 10.0. The molecule has 0 radical (unpaired) electrons. The largest absolute Gasteiger partial charge is 0.324 e. The Kier molecular flexibility index (Phi) is 2.27. The first-order valence-electron chi connectivity index (χ1n) is 4.39.